The predicted molar refractivity (Wildman–Crippen MR) is 94.8 cm³/mol. The highest BCUT2D eigenvalue weighted by atomic mass is 19.4. The van der Waals surface area contributed by atoms with Gasteiger partial charge in [-0.05, 0) is 37.6 Å². The summed E-state index contributed by atoms with van der Waals surface area (Å²) in [6, 6.07) is 4.00. The fourth-order valence-electron chi connectivity index (χ4n) is 2.09. The first-order valence-corrected chi connectivity index (χ1v) is 8.55. The number of carbonyl (C=O) groups excluding carboxylic acids is 3. The summed E-state index contributed by atoms with van der Waals surface area (Å²) in [5.41, 5.74) is 0.282. The van der Waals surface area contributed by atoms with Gasteiger partial charge in [0.15, 0.2) is 13.1 Å². The number of likely N-dealkylation sites (N-methyl/N-ethyl adjacent to an activating group) is 1. The fourth-order valence-corrected chi connectivity index (χ4v) is 2.09. The second-order valence-corrected chi connectivity index (χ2v) is 6.26. The van der Waals surface area contributed by atoms with E-state index < -0.39 is 30.0 Å². The number of quaternary nitrogens is 1. The Labute approximate surface area is 160 Å². The zero-order valence-corrected chi connectivity index (χ0v) is 15.8. The Morgan fingerprint density at radius 3 is 2.21 bits per heavy atom. The van der Waals surface area contributed by atoms with Crippen LogP contribution in [-0.4, -0.2) is 50.4 Å². The van der Waals surface area contributed by atoms with Crippen LogP contribution in [0.15, 0.2) is 24.3 Å². The first-order chi connectivity index (χ1) is 13.0. The van der Waals surface area contributed by atoms with Crippen LogP contribution in [0.2, 0.25) is 0 Å². The first kappa shape index (κ1) is 23.2. The topological polar surface area (TPSA) is 101 Å². The van der Waals surface area contributed by atoms with Crippen molar-refractivity contribution in [3.05, 3.63) is 24.3 Å². The molecule has 1 aromatic rings. The maximum atomic E-state index is 12.1. The van der Waals surface area contributed by atoms with Gasteiger partial charge in [0.2, 0.25) is 0 Å². The molecule has 1 aromatic carbocycles. The molecule has 0 saturated carbocycles. The molecule has 0 fully saturated rings. The monoisotopic (exact) mass is 405 g/mol. The van der Waals surface area contributed by atoms with Crippen LogP contribution in [0.1, 0.15) is 20.3 Å². The Hall–Kier alpha value is -2.82. The molecule has 4 amide bonds. The molecule has 0 bridgehead atoms. The van der Waals surface area contributed by atoms with Gasteiger partial charge in [0.1, 0.15) is 5.75 Å². The highest BCUT2D eigenvalue weighted by molar-refractivity contribution is 5.95. The number of benzene rings is 1. The average Bonchev–Trinajstić information content (AvgIpc) is 2.54. The van der Waals surface area contributed by atoms with Gasteiger partial charge in [-0.1, -0.05) is 6.92 Å². The lowest BCUT2D eigenvalue weighted by Crippen LogP contribution is -3.11. The number of imide groups is 1. The largest absolute Gasteiger partial charge is 0.573 e. The number of nitrogens with one attached hydrogen (secondary N) is 4. The van der Waals surface area contributed by atoms with Crippen LogP contribution in [0, 0.1) is 0 Å². The Balaban J connectivity index is 2.41. The Morgan fingerprint density at radius 2 is 1.68 bits per heavy atom. The summed E-state index contributed by atoms with van der Waals surface area (Å²) in [6.45, 7) is 3.49. The van der Waals surface area contributed by atoms with Gasteiger partial charge in [0.05, 0.1) is 7.05 Å². The Bertz CT molecular complexity index is 680. The zero-order chi connectivity index (χ0) is 21.3. The summed E-state index contributed by atoms with van der Waals surface area (Å²) in [5.74, 6) is -1.39. The van der Waals surface area contributed by atoms with Gasteiger partial charge < -0.3 is 20.3 Å². The number of amides is 4. The molecule has 0 aromatic heterocycles. The van der Waals surface area contributed by atoms with Crippen molar-refractivity contribution in [1.29, 1.82) is 0 Å². The third-order valence-corrected chi connectivity index (χ3v) is 3.54. The van der Waals surface area contributed by atoms with E-state index in [2.05, 4.69) is 20.7 Å². The number of hydrogen-bond acceptors (Lipinski definition) is 4. The molecule has 1 unspecified atom stereocenters. The van der Waals surface area contributed by atoms with Crippen molar-refractivity contribution in [2.75, 3.05) is 25.5 Å². The van der Waals surface area contributed by atoms with Gasteiger partial charge in [0.25, 0.3) is 11.8 Å². The molecular formula is C17H24F3N4O4+. The lowest BCUT2D eigenvalue weighted by molar-refractivity contribution is -0.862. The van der Waals surface area contributed by atoms with E-state index in [1.807, 2.05) is 6.92 Å². The third-order valence-electron chi connectivity index (χ3n) is 3.54. The number of anilines is 1. The van der Waals surface area contributed by atoms with Crippen LogP contribution in [0.5, 0.6) is 5.75 Å². The summed E-state index contributed by atoms with van der Waals surface area (Å²) < 4.78 is 40.1. The Morgan fingerprint density at radius 1 is 1.11 bits per heavy atom. The number of rotatable bonds is 8. The van der Waals surface area contributed by atoms with Crippen molar-refractivity contribution in [3.8, 4) is 5.75 Å². The second-order valence-electron chi connectivity index (χ2n) is 6.26. The standard InChI is InChI=1S/C17H23F3N4O4/c1-4-11(2)21-16(27)23-15(26)10-24(3)9-14(25)22-12-5-7-13(8-6-12)28-17(18,19)20/h5-8,11H,4,9-10H2,1-3H3,(H,22,25)(H2,21,23,26,27)/p+1/t11-/m1/s1. The number of alkyl halides is 3. The van der Waals surface area contributed by atoms with Gasteiger partial charge >= 0.3 is 12.4 Å². The third kappa shape index (κ3) is 9.76. The quantitative estimate of drug-likeness (QED) is 0.511. The molecule has 0 radical (unpaired) electrons. The van der Waals surface area contributed by atoms with E-state index in [1.165, 1.54) is 12.1 Å². The average molecular weight is 405 g/mol. The van der Waals surface area contributed by atoms with E-state index in [1.54, 1.807) is 14.0 Å². The molecule has 0 aliphatic carbocycles. The van der Waals surface area contributed by atoms with Gasteiger partial charge in [-0.25, -0.2) is 4.79 Å². The minimum atomic E-state index is -4.79. The zero-order valence-electron chi connectivity index (χ0n) is 15.8. The second kappa shape index (κ2) is 10.5. The highest BCUT2D eigenvalue weighted by Gasteiger charge is 2.31. The van der Waals surface area contributed by atoms with Crippen LogP contribution in [0.3, 0.4) is 0 Å². The van der Waals surface area contributed by atoms with Crippen molar-refractivity contribution in [3.63, 3.8) is 0 Å². The molecule has 2 atom stereocenters. The maximum absolute atomic E-state index is 12.1. The Kier molecular flexibility index (Phi) is 8.71. The summed E-state index contributed by atoms with van der Waals surface area (Å²) in [4.78, 5) is 35.9. The molecule has 0 aliphatic rings. The molecule has 11 heteroatoms. The summed E-state index contributed by atoms with van der Waals surface area (Å²) in [6.07, 6.45) is -4.07. The highest BCUT2D eigenvalue weighted by Crippen LogP contribution is 2.23. The summed E-state index contributed by atoms with van der Waals surface area (Å²) in [5, 5.41) is 7.27. The number of carbonyl (C=O) groups is 3. The van der Waals surface area contributed by atoms with Crippen molar-refractivity contribution in [1.82, 2.24) is 10.6 Å². The molecule has 4 N–H and O–H groups in total. The number of ether oxygens (including phenoxy) is 1. The van der Waals surface area contributed by atoms with Crippen molar-refractivity contribution < 1.29 is 37.2 Å². The van der Waals surface area contributed by atoms with E-state index >= 15 is 0 Å². The summed E-state index contributed by atoms with van der Waals surface area (Å²) in [7, 11) is 1.59. The molecule has 0 saturated heterocycles. The van der Waals surface area contributed by atoms with Crippen LogP contribution >= 0.6 is 0 Å². The van der Waals surface area contributed by atoms with Crippen molar-refractivity contribution in [2.45, 2.75) is 32.7 Å². The molecule has 0 heterocycles. The fraction of sp³-hybridized carbons (Fsp3) is 0.471. The van der Waals surface area contributed by atoms with E-state index in [-0.39, 0.29) is 24.8 Å². The minimum Gasteiger partial charge on any atom is -0.406 e. The lowest BCUT2D eigenvalue weighted by atomic mass is 10.3. The molecule has 8 nitrogen and oxygen atoms in total. The van der Waals surface area contributed by atoms with E-state index in [4.69, 9.17) is 0 Å². The van der Waals surface area contributed by atoms with Gasteiger partial charge in [0, 0.05) is 11.7 Å². The van der Waals surface area contributed by atoms with Crippen LogP contribution < -0.4 is 25.6 Å². The smallest absolute Gasteiger partial charge is 0.406 e. The SMILES string of the molecule is CC[C@@H](C)NC(=O)NC(=O)C[NH+](C)CC(=O)Nc1ccc(OC(F)(F)F)cc1. The van der Waals surface area contributed by atoms with Gasteiger partial charge in [-0.15, -0.1) is 13.2 Å². The van der Waals surface area contributed by atoms with E-state index in [0.717, 1.165) is 18.6 Å². The predicted octanol–water partition coefficient (Wildman–Crippen LogP) is 0.663. The van der Waals surface area contributed by atoms with Gasteiger partial charge in [-0.2, -0.15) is 0 Å². The normalized spacial score (nSPS) is 13.2. The van der Waals surface area contributed by atoms with Crippen LogP contribution in [0.4, 0.5) is 23.7 Å². The van der Waals surface area contributed by atoms with Crippen LogP contribution in [0.25, 0.3) is 0 Å². The maximum Gasteiger partial charge on any atom is 0.573 e. The number of hydrogen-bond donors (Lipinski definition) is 4. The molecule has 0 aliphatic heterocycles. The lowest BCUT2D eigenvalue weighted by Gasteiger charge is -2.15. The van der Waals surface area contributed by atoms with Crippen molar-refractivity contribution in [2.24, 2.45) is 0 Å². The van der Waals surface area contributed by atoms with Crippen molar-refractivity contribution >= 4 is 23.5 Å². The molecular weight excluding hydrogens is 381 g/mol. The minimum absolute atomic E-state index is 0.0726. The number of urea groups is 1. The summed E-state index contributed by atoms with van der Waals surface area (Å²) >= 11 is 0. The molecule has 156 valence electrons. The number of halogens is 3. The molecule has 1 rings (SSSR count). The van der Waals surface area contributed by atoms with E-state index in [0.29, 0.717) is 4.90 Å². The van der Waals surface area contributed by atoms with Gasteiger partial charge in [-0.3, -0.25) is 14.9 Å². The van der Waals surface area contributed by atoms with Crippen LogP contribution in [-0.2, 0) is 9.59 Å². The van der Waals surface area contributed by atoms with E-state index in [9.17, 15) is 27.6 Å². The first-order valence-electron chi connectivity index (χ1n) is 8.55. The molecule has 0 spiro atoms. The molecule has 28 heavy (non-hydrogen) atoms.